The summed E-state index contributed by atoms with van der Waals surface area (Å²) in [4.78, 5) is 24.8. The number of hydrogen-bond donors (Lipinski definition) is 0. The number of fused-ring (bicyclic) bond motifs is 2. The summed E-state index contributed by atoms with van der Waals surface area (Å²) < 4.78 is 22.9. The van der Waals surface area contributed by atoms with Crippen molar-refractivity contribution in [3.05, 3.63) is 48.5 Å². The van der Waals surface area contributed by atoms with E-state index in [9.17, 15) is 9.59 Å². The van der Waals surface area contributed by atoms with Crippen LogP contribution in [0.1, 0.15) is 90.9 Å². The van der Waals surface area contributed by atoms with E-state index in [1.54, 1.807) is 0 Å². The van der Waals surface area contributed by atoms with Crippen molar-refractivity contribution in [2.24, 2.45) is 0 Å². The largest absolute Gasteiger partial charge is 0.481 e. The molecule has 3 aromatic carbocycles. The van der Waals surface area contributed by atoms with Crippen molar-refractivity contribution in [2.45, 2.75) is 90.9 Å². The Kier molecular flexibility index (Phi) is 14.2. The maximum Gasteiger partial charge on any atom is 0.344 e. The molecule has 0 bridgehead atoms. The molecule has 218 valence electrons. The van der Waals surface area contributed by atoms with Crippen molar-refractivity contribution < 1.29 is 28.5 Å². The van der Waals surface area contributed by atoms with Crippen LogP contribution >= 0.6 is 0 Å². The molecule has 0 unspecified atom stereocenters. The van der Waals surface area contributed by atoms with Crippen LogP contribution in [0.4, 0.5) is 0 Å². The fraction of sp³-hybridized carbons (Fsp3) is 0.529. The summed E-state index contributed by atoms with van der Waals surface area (Å²) in [6.45, 7) is 4.88. The highest BCUT2D eigenvalue weighted by Crippen LogP contribution is 2.42. The smallest absolute Gasteiger partial charge is 0.344 e. The number of unbranched alkanes of at least 4 members (excludes halogenated alkanes) is 10. The Hall–Kier alpha value is -3.28. The molecule has 40 heavy (non-hydrogen) atoms. The van der Waals surface area contributed by atoms with Gasteiger partial charge in [0.25, 0.3) is 0 Å². The van der Waals surface area contributed by atoms with Crippen LogP contribution in [-0.4, -0.2) is 38.4 Å². The topological polar surface area (TPSA) is 71.1 Å². The first-order valence-electron chi connectivity index (χ1n) is 15.2. The second-order valence-corrected chi connectivity index (χ2v) is 10.3. The minimum Gasteiger partial charge on any atom is -0.481 e. The molecule has 0 atom stereocenters. The van der Waals surface area contributed by atoms with E-state index < -0.39 is 0 Å². The van der Waals surface area contributed by atoms with Gasteiger partial charge in [0, 0.05) is 21.5 Å². The quantitative estimate of drug-likeness (QED) is 0.0797. The number of rotatable bonds is 20. The van der Waals surface area contributed by atoms with Gasteiger partial charge in [0.15, 0.2) is 13.2 Å². The van der Waals surface area contributed by atoms with Crippen LogP contribution in [-0.2, 0) is 19.1 Å². The maximum absolute atomic E-state index is 12.4. The Morgan fingerprint density at radius 3 is 1.18 bits per heavy atom. The molecule has 0 amide bonds. The average molecular weight is 551 g/mol. The zero-order chi connectivity index (χ0) is 28.4. The number of carbonyl (C=O) groups excluding carboxylic acids is 2. The molecule has 3 aromatic rings. The molecular formula is C34H46O6. The standard InChI is InChI=1S/C34H46O6/c1-3-5-7-9-11-17-23-37-31(35)25-39-33-27-19-13-15-21-29(27)34(30-22-16-14-20-28(30)33)40-26-32(36)38-24-18-12-10-8-6-4-2/h13-16,19-22H,3-12,17-18,23-26H2,1-2H3. The lowest BCUT2D eigenvalue weighted by Crippen LogP contribution is -2.17. The first-order valence-corrected chi connectivity index (χ1v) is 15.2. The van der Waals surface area contributed by atoms with Gasteiger partial charge in [-0.2, -0.15) is 0 Å². The molecule has 0 radical (unpaired) electrons. The zero-order valence-corrected chi connectivity index (χ0v) is 24.4. The van der Waals surface area contributed by atoms with Gasteiger partial charge in [-0.25, -0.2) is 9.59 Å². The highest BCUT2D eigenvalue weighted by atomic mass is 16.6. The molecule has 6 nitrogen and oxygen atoms in total. The molecule has 0 aromatic heterocycles. The molecule has 0 aliphatic heterocycles. The number of benzene rings is 3. The monoisotopic (exact) mass is 550 g/mol. The molecular weight excluding hydrogens is 504 g/mol. The summed E-state index contributed by atoms with van der Waals surface area (Å²) >= 11 is 0. The fourth-order valence-corrected chi connectivity index (χ4v) is 4.84. The van der Waals surface area contributed by atoms with Crippen molar-refractivity contribution in [3.63, 3.8) is 0 Å². The lowest BCUT2D eigenvalue weighted by molar-refractivity contribution is -0.147. The van der Waals surface area contributed by atoms with Crippen LogP contribution in [0.3, 0.4) is 0 Å². The molecule has 0 saturated carbocycles. The highest BCUT2D eigenvalue weighted by Gasteiger charge is 2.18. The van der Waals surface area contributed by atoms with Crippen molar-refractivity contribution in [3.8, 4) is 11.5 Å². The molecule has 3 rings (SSSR count). The number of carbonyl (C=O) groups is 2. The van der Waals surface area contributed by atoms with E-state index >= 15 is 0 Å². The average Bonchev–Trinajstić information content (AvgIpc) is 2.97. The van der Waals surface area contributed by atoms with E-state index in [1.807, 2.05) is 48.5 Å². The molecule has 0 saturated heterocycles. The summed E-state index contributed by atoms with van der Waals surface area (Å²) in [5.41, 5.74) is 0. The summed E-state index contributed by atoms with van der Waals surface area (Å²) in [6, 6.07) is 15.4. The Bertz CT molecular complexity index is 1040. The Morgan fingerprint density at radius 2 is 0.825 bits per heavy atom. The van der Waals surface area contributed by atoms with Crippen LogP contribution in [0.25, 0.3) is 21.5 Å². The summed E-state index contributed by atoms with van der Waals surface area (Å²) in [5, 5.41) is 3.22. The summed E-state index contributed by atoms with van der Waals surface area (Å²) in [5.74, 6) is 0.437. The molecule has 0 spiro atoms. The number of ether oxygens (including phenoxy) is 4. The first-order chi connectivity index (χ1) is 19.7. The second kappa shape index (κ2) is 18.1. The third kappa shape index (κ3) is 10.0. The fourth-order valence-electron chi connectivity index (χ4n) is 4.84. The number of esters is 2. The first kappa shape index (κ1) is 31.3. The van der Waals surface area contributed by atoms with Gasteiger partial charge in [-0.1, -0.05) is 127 Å². The minimum atomic E-state index is -0.379. The normalized spacial score (nSPS) is 11.1. The molecule has 0 aliphatic carbocycles. The van der Waals surface area contributed by atoms with Gasteiger partial charge in [0.1, 0.15) is 11.5 Å². The van der Waals surface area contributed by atoms with Crippen LogP contribution in [0.2, 0.25) is 0 Å². The SMILES string of the molecule is CCCCCCCCOC(=O)COc1c2ccccc2c(OCC(=O)OCCCCCCCC)c2ccccc12. The van der Waals surface area contributed by atoms with Gasteiger partial charge < -0.3 is 18.9 Å². The van der Waals surface area contributed by atoms with Crippen LogP contribution in [0.5, 0.6) is 11.5 Å². The van der Waals surface area contributed by atoms with E-state index in [-0.39, 0.29) is 25.2 Å². The summed E-state index contributed by atoms with van der Waals surface area (Å²) in [6.07, 6.45) is 13.6. The van der Waals surface area contributed by atoms with E-state index in [2.05, 4.69) is 13.8 Å². The highest BCUT2D eigenvalue weighted by molar-refractivity contribution is 6.11. The van der Waals surface area contributed by atoms with Crippen LogP contribution < -0.4 is 9.47 Å². The number of hydrogen-bond acceptors (Lipinski definition) is 6. The Balaban J connectivity index is 1.61. The van der Waals surface area contributed by atoms with Gasteiger partial charge in [0.05, 0.1) is 13.2 Å². The third-order valence-electron chi connectivity index (χ3n) is 7.02. The van der Waals surface area contributed by atoms with E-state index in [1.165, 1.54) is 51.4 Å². The predicted octanol–water partition coefficient (Wildman–Crippen LogP) is 8.56. The minimum absolute atomic E-state index is 0.172. The van der Waals surface area contributed by atoms with Crippen molar-refractivity contribution in [1.82, 2.24) is 0 Å². The summed E-state index contributed by atoms with van der Waals surface area (Å²) in [7, 11) is 0. The molecule has 0 heterocycles. The molecule has 6 heteroatoms. The second-order valence-electron chi connectivity index (χ2n) is 10.3. The van der Waals surface area contributed by atoms with E-state index in [0.29, 0.717) is 24.7 Å². The van der Waals surface area contributed by atoms with Gasteiger partial charge in [0.2, 0.25) is 0 Å². The zero-order valence-electron chi connectivity index (χ0n) is 24.4. The third-order valence-corrected chi connectivity index (χ3v) is 7.02. The van der Waals surface area contributed by atoms with Crippen LogP contribution in [0.15, 0.2) is 48.5 Å². The molecule has 0 fully saturated rings. The van der Waals surface area contributed by atoms with Gasteiger partial charge >= 0.3 is 11.9 Å². The lowest BCUT2D eigenvalue weighted by atomic mass is 10.0. The molecule has 0 aliphatic rings. The van der Waals surface area contributed by atoms with Crippen molar-refractivity contribution in [1.29, 1.82) is 0 Å². The molecule has 0 N–H and O–H groups in total. The van der Waals surface area contributed by atoms with Crippen LogP contribution in [0, 0.1) is 0 Å². The predicted molar refractivity (Wildman–Crippen MR) is 161 cm³/mol. The lowest BCUT2D eigenvalue weighted by Gasteiger charge is -2.17. The van der Waals surface area contributed by atoms with Crippen molar-refractivity contribution in [2.75, 3.05) is 26.4 Å². The van der Waals surface area contributed by atoms with Gasteiger partial charge in [-0.05, 0) is 12.8 Å². The van der Waals surface area contributed by atoms with E-state index in [0.717, 1.165) is 47.2 Å². The van der Waals surface area contributed by atoms with E-state index in [4.69, 9.17) is 18.9 Å². The Morgan fingerprint density at radius 1 is 0.500 bits per heavy atom. The van der Waals surface area contributed by atoms with Crippen molar-refractivity contribution >= 4 is 33.5 Å². The van der Waals surface area contributed by atoms with Gasteiger partial charge in [-0.15, -0.1) is 0 Å². The maximum atomic E-state index is 12.4. The van der Waals surface area contributed by atoms with Gasteiger partial charge in [-0.3, -0.25) is 0 Å². The Labute approximate surface area is 239 Å².